The molecule has 1 heterocycles. The SMILES string of the molecule is CCC(C)C(=O)OCOC(=O)c1cccc2c1OB(O)[C@@H](NC(=O)CCC(F)(F)F)C2. The fourth-order valence-corrected chi connectivity index (χ4v) is 2.77. The van der Waals surface area contributed by atoms with Crippen molar-refractivity contribution in [3.05, 3.63) is 29.3 Å². The number of hydrogen-bond donors (Lipinski definition) is 2. The summed E-state index contributed by atoms with van der Waals surface area (Å²) in [5.74, 6) is -3.56. The van der Waals surface area contributed by atoms with Crippen LogP contribution in [0.2, 0.25) is 0 Å². The number of carbonyl (C=O) groups is 3. The lowest BCUT2D eigenvalue weighted by Crippen LogP contribution is -2.53. The van der Waals surface area contributed by atoms with Crippen molar-refractivity contribution < 1.29 is 46.7 Å². The first-order valence-electron chi connectivity index (χ1n) is 9.68. The van der Waals surface area contributed by atoms with E-state index in [9.17, 15) is 32.6 Å². The fraction of sp³-hybridized carbons (Fsp3) is 0.526. The van der Waals surface area contributed by atoms with E-state index >= 15 is 0 Å². The van der Waals surface area contributed by atoms with Crippen molar-refractivity contribution in [3.8, 4) is 5.75 Å². The van der Waals surface area contributed by atoms with Crippen LogP contribution in [0.25, 0.3) is 0 Å². The average molecular weight is 445 g/mol. The topological polar surface area (TPSA) is 111 Å². The molecule has 1 aliphatic heterocycles. The third kappa shape index (κ3) is 7.16. The number of amides is 1. The number of hydrogen-bond acceptors (Lipinski definition) is 7. The van der Waals surface area contributed by atoms with Gasteiger partial charge in [-0.1, -0.05) is 26.0 Å². The number of benzene rings is 1. The number of fused-ring (bicyclic) bond motifs is 1. The summed E-state index contributed by atoms with van der Waals surface area (Å²) < 4.78 is 51.9. The summed E-state index contributed by atoms with van der Waals surface area (Å²) in [7, 11) is -1.58. The van der Waals surface area contributed by atoms with Gasteiger partial charge in [0.1, 0.15) is 11.3 Å². The molecule has 0 spiro atoms. The summed E-state index contributed by atoms with van der Waals surface area (Å²) in [6.07, 6.45) is -5.93. The first-order chi connectivity index (χ1) is 14.5. The first kappa shape index (κ1) is 24.5. The number of esters is 2. The minimum absolute atomic E-state index is 0.0223. The third-order valence-corrected chi connectivity index (χ3v) is 4.73. The molecule has 1 amide bonds. The van der Waals surface area contributed by atoms with Crippen LogP contribution in [0.15, 0.2) is 18.2 Å². The number of rotatable bonds is 8. The zero-order valence-electron chi connectivity index (χ0n) is 17.0. The molecule has 8 nitrogen and oxygen atoms in total. The van der Waals surface area contributed by atoms with Gasteiger partial charge in [0.2, 0.25) is 12.7 Å². The fourth-order valence-electron chi connectivity index (χ4n) is 2.77. The lowest BCUT2D eigenvalue weighted by Gasteiger charge is -2.29. The molecular weight excluding hydrogens is 422 g/mol. The van der Waals surface area contributed by atoms with Crippen molar-refractivity contribution in [2.45, 2.75) is 51.6 Å². The Morgan fingerprint density at radius 1 is 1.32 bits per heavy atom. The lowest BCUT2D eigenvalue weighted by atomic mass is 9.72. The predicted molar refractivity (Wildman–Crippen MR) is 102 cm³/mol. The van der Waals surface area contributed by atoms with Crippen LogP contribution < -0.4 is 9.97 Å². The summed E-state index contributed by atoms with van der Waals surface area (Å²) in [6, 6.07) is 4.48. The van der Waals surface area contributed by atoms with Crippen molar-refractivity contribution in [1.82, 2.24) is 5.32 Å². The molecular formula is C19H23BF3NO7. The molecule has 2 rings (SSSR count). The average Bonchev–Trinajstić information content (AvgIpc) is 2.71. The van der Waals surface area contributed by atoms with E-state index in [1.165, 1.54) is 12.1 Å². The predicted octanol–water partition coefficient (Wildman–Crippen LogP) is 2.17. The van der Waals surface area contributed by atoms with E-state index in [1.54, 1.807) is 13.0 Å². The van der Waals surface area contributed by atoms with Crippen LogP contribution in [-0.4, -0.2) is 48.9 Å². The molecule has 0 saturated heterocycles. The second-order valence-electron chi connectivity index (χ2n) is 7.12. The quantitative estimate of drug-likeness (QED) is 0.359. The molecule has 0 fully saturated rings. The van der Waals surface area contributed by atoms with Gasteiger partial charge >= 0.3 is 25.2 Å². The molecule has 1 aromatic carbocycles. The highest BCUT2D eigenvalue weighted by Gasteiger charge is 2.38. The van der Waals surface area contributed by atoms with E-state index in [1.807, 2.05) is 6.92 Å². The van der Waals surface area contributed by atoms with Crippen LogP contribution >= 0.6 is 0 Å². The molecule has 0 saturated carbocycles. The smallest absolute Gasteiger partial charge is 0.534 e. The number of alkyl halides is 3. The van der Waals surface area contributed by atoms with Gasteiger partial charge in [0.15, 0.2) is 0 Å². The Kier molecular flexibility index (Phi) is 8.32. The zero-order valence-corrected chi connectivity index (χ0v) is 17.0. The van der Waals surface area contributed by atoms with Crippen LogP contribution in [0.5, 0.6) is 5.75 Å². The first-order valence-corrected chi connectivity index (χ1v) is 9.68. The summed E-state index contributed by atoms with van der Waals surface area (Å²) in [4.78, 5) is 35.7. The Morgan fingerprint density at radius 3 is 2.68 bits per heavy atom. The molecule has 1 unspecified atom stereocenters. The molecule has 0 aliphatic carbocycles. The van der Waals surface area contributed by atoms with Crippen LogP contribution in [0.4, 0.5) is 13.2 Å². The van der Waals surface area contributed by atoms with Gasteiger partial charge in [-0.05, 0) is 24.5 Å². The summed E-state index contributed by atoms with van der Waals surface area (Å²) in [5.41, 5.74) is 0.412. The highest BCUT2D eigenvalue weighted by Crippen LogP contribution is 2.31. The monoisotopic (exact) mass is 445 g/mol. The van der Waals surface area contributed by atoms with E-state index in [0.717, 1.165) is 0 Å². The van der Waals surface area contributed by atoms with E-state index < -0.39 is 56.7 Å². The van der Waals surface area contributed by atoms with Gasteiger partial charge in [0, 0.05) is 6.42 Å². The Morgan fingerprint density at radius 2 is 2.03 bits per heavy atom. The van der Waals surface area contributed by atoms with E-state index in [-0.39, 0.29) is 23.7 Å². The largest absolute Gasteiger partial charge is 0.547 e. The van der Waals surface area contributed by atoms with Crippen molar-refractivity contribution in [2.24, 2.45) is 5.92 Å². The van der Waals surface area contributed by atoms with Crippen molar-refractivity contribution in [2.75, 3.05) is 6.79 Å². The van der Waals surface area contributed by atoms with Crippen LogP contribution in [-0.2, 0) is 25.5 Å². The Balaban J connectivity index is 1.99. The molecule has 2 N–H and O–H groups in total. The standard InChI is InChI=1S/C19H23BF3NO7/c1-3-11(2)17(26)29-10-30-18(27)13-6-4-5-12-9-14(20(28)31-16(12)13)24-15(25)7-8-19(21,22)23/h4-6,11,14,28H,3,7-10H2,1-2H3,(H,24,25)/t11?,14-/m0/s1. The highest BCUT2D eigenvalue weighted by molar-refractivity contribution is 6.47. The second-order valence-corrected chi connectivity index (χ2v) is 7.12. The molecule has 12 heteroatoms. The molecule has 2 atom stereocenters. The maximum absolute atomic E-state index is 12.3. The number of carbonyl (C=O) groups excluding carboxylic acids is 3. The minimum atomic E-state index is -4.47. The molecule has 1 aromatic rings. The van der Waals surface area contributed by atoms with Gasteiger partial charge in [-0.25, -0.2) is 4.79 Å². The molecule has 31 heavy (non-hydrogen) atoms. The van der Waals surface area contributed by atoms with E-state index in [0.29, 0.717) is 12.0 Å². The Labute approximate surface area is 177 Å². The van der Waals surface area contributed by atoms with E-state index in [2.05, 4.69) is 5.32 Å². The lowest BCUT2D eigenvalue weighted by molar-refractivity contribution is -0.156. The van der Waals surface area contributed by atoms with Crippen molar-refractivity contribution in [1.29, 1.82) is 0 Å². The molecule has 170 valence electrons. The van der Waals surface area contributed by atoms with Gasteiger partial charge in [0.25, 0.3) is 0 Å². The number of ether oxygens (including phenoxy) is 2. The summed E-state index contributed by atoms with van der Waals surface area (Å²) in [6.45, 7) is 2.89. The third-order valence-electron chi connectivity index (χ3n) is 4.73. The van der Waals surface area contributed by atoms with Crippen molar-refractivity contribution >= 4 is 25.0 Å². The normalized spacial score (nSPS) is 16.6. The highest BCUT2D eigenvalue weighted by atomic mass is 19.4. The van der Waals surface area contributed by atoms with Gasteiger partial charge in [-0.15, -0.1) is 0 Å². The molecule has 1 aliphatic rings. The van der Waals surface area contributed by atoms with E-state index in [4.69, 9.17) is 14.1 Å². The van der Waals surface area contributed by atoms with Gasteiger partial charge in [0.05, 0.1) is 18.3 Å². The Bertz CT molecular complexity index is 818. The van der Waals surface area contributed by atoms with Gasteiger partial charge in [-0.2, -0.15) is 13.2 Å². The van der Waals surface area contributed by atoms with Crippen LogP contribution in [0, 0.1) is 5.92 Å². The zero-order chi connectivity index (χ0) is 23.2. The Hall–Kier alpha value is -2.76. The molecule has 0 aromatic heterocycles. The van der Waals surface area contributed by atoms with Gasteiger partial charge in [-0.3, -0.25) is 9.59 Å². The summed E-state index contributed by atoms with van der Waals surface area (Å²) >= 11 is 0. The summed E-state index contributed by atoms with van der Waals surface area (Å²) in [5, 5.41) is 12.5. The maximum Gasteiger partial charge on any atom is 0.547 e. The number of para-hydroxylation sites is 1. The minimum Gasteiger partial charge on any atom is -0.534 e. The van der Waals surface area contributed by atoms with Crippen LogP contribution in [0.1, 0.15) is 49.0 Å². The number of nitrogens with one attached hydrogen (secondary N) is 1. The van der Waals surface area contributed by atoms with Gasteiger partial charge < -0.3 is 24.5 Å². The second kappa shape index (κ2) is 10.5. The van der Waals surface area contributed by atoms with Crippen molar-refractivity contribution in [3.63, 3.8) is 0 Å². The van der Waals surface area contributed by atoms with Crippen LogP contribution in [0.3, 0.4) is 0 Å². The molecule has 0 radical (unpaired) electrons. The maximum atomic E-state index is 12.3. The number of halogens is 3. The molecule has 0 bridgehead atoms.